The van der Waals surface area contributed by atoms with Crippen LogP contribution in [-0.2, 0) is 0 Å². The number of H-pyrrole nitrogens is 1. The maximum absolute atomic E-state index is 12.3. The van der Waals surface area contributed by atoms with Crippen LogP contribution < -0.4 is 5.32 Å². The second-order valence-corrected chi connectivity index (χ2v) is 5.00. The van der Waals surface area contributed by atoms with Crippen molar-refractivity contribution in [2.24, 2.45) is 0 Å². The minimum Gasteiger partial charge on any atom is -0.355 e. The van der Waals surface area contributed by atoms with Gasteiger partial charge in [-0.05, 0) is 38.5 Å². The number of aromatic nitrogens is 1. The predicted octanol–water partition coefficient (Wildman–Crippen LogP) is 3.39. The van der Waals surface area contributed by atoms with E-state index >= 15 is 0 Å². The summed E-state index contributed by atoms with van der Waals surface area (Å²) in [5.41, 5.74) is 4.31. The molecule has 4 nitrogen and oxygen atoms in total. The molecule has 0 atom stereocenters. The quantitative estimate of drug-likeness (QED) is 0.840. The third-order valence-electron chi connectivity index (χ3n) is 3.33. The van der Waals surface area contributed by atoms with Gasteiger partial charge in [-0.15, -0.1) is 0 Å². The van der Waals surface area contributed by atoms with Crippen LogP contribution in [0.2, 0.25) is 0 Å². The van der Waals surface area contributed by atoms with Gasteiger partial charge in [0.05, 0.1) is 11.3 Å². The van der Waals surface area contributed by atoms with Crippen LogP contribution in [0.15, 0.2) is 24.3 Å². The predicted molar refractivity (Wildman–Crippen MR) is 79.4 cm³/mol. The Hall–Kier alpha value is -2.36. The monoisotopic (exact) mass is 270 g/mol. The van der Waals surface area contributed by atoms with Crippen molar-refractivity contribution in [2.75, 3.05) is 5.32 Å². The van der Waals surface area contributed by atoms with Gasteiger partial charge in [0.2, 0.25) is 0 Å². The topological polar surface area (TPSA) is 62.0 Å². The number of hydrogen-bond donors (Lipinski definition) is 2. The zero-order valence-corrected chi connectivity index (χ0v) is 12.1. The van der Waals surface area contributed by atoms with Crippen LogP contribution in [-0.4, -0.2) is 16.7 Å². The summed E-state index contributed by atoms with van der Waals surface area (Å²) in [6.07, 6.45) is 0. The minimum absolute atomic E-state index is 0.0695. The molecular formula is C16H18N2O2. The number of aromatic amines is 1. The van der Waals surface area contributed by atoms with Crippen LogP contribution in [0.25, 0.3) is 0 Å². The molecule has 1 amide bonds. The lowest BCUT2D eigenvalue weighted by molar-refractivity contribution is 0.101. The maximum atomic E-state index is 12.3. The van der Waals surface area contributed by atoms with E-state index in [1.54, 1.807) is 13.8 Å². The van der Waals surface area contributed by atoms with Crippen LogP contribution in [0.4, 0.5) is 5.69 Å². The van der Waals surface area contributed by atoms with Gasteiger partial charge in [-0.3, -0.25) is 9.59 Å². The number of benzene rings is 1. The molecular weight excluding hydrogens is 252 g/mol. The lowest BCUT2D eigenvalue weighted by Gasteiger charge is -2.06. The highest BCUT2D eigenvalue weighted by Gasteiger charge is 2.20. The standard InChI is InChI=1S/C16H18N2O2/c1-9-5-7-13(8-6-9)18-16(20)14-10(2)15(12(4)19)17-11(14)3/h5-8,17H,1-4H3,(H,18,20). The van der Waals surface area contributed by atoms with E-state index in [-0.39, 0.29) is 11.7 Å². The lowest BCUT2D eigenvalue weighted by atomic mass is 10.1. The van der Waals surface area contributed by atoms with E-state index < -0.39 is 0 Å². The van der Waals surface area contributed by atoms with E-state index in [4.69, 9.17) is 0 Å². The minimum atomic E-state index is -0.201. The molecule has 2 N–H and O–H groups in total. The van der Waals surface area contributed by atoms with E-state index in [2.05, 4.69) is 10.3 Å². The Morgan fingerprint density at radius 1 is 1.05 bits per heavy atom. The van der Waals surface area contributed by atoms with Gasteiger partial charge in [-0.2, -0.15) is 0 Å². The summed E-state index contributed by atoms with van der Waals surface area (Å²) in [7, 11) is 0. The van der Waals surface area contributed by atoms with Crippen molar-refractivity contribution in [1.82, 2.24) is 4.98 Å². The molecule has 1 heterocycles. The number of amides is 1. The van der Waals surface area contributed by atoms with Gasteiger partial charge in [-0.1, -0.05) is 17.7 Å². The first-order chi connectivity index (χ1) is 9.40. The van der Waals surface area contributed by atoms with E-state index in [1.165, 1.54) is 6.92 Å². The molecule has 0 unspecified atom stereocenters. The smallest absolute Gasteiger partial charge is 0.257 e. The van der Waals surface area contributed by atoms with Gasteiger partial charge in [0.1, 0.15) is 0 Å². The number of carbonyl (C=O) groups is 2. The number of nitrogens with one attached hydrogen (secondary N) is 2. The molecule has 4 heteroatoms. The van der Waals surface area contributed by atoms with E-state index in [1.807, 2.05) is 31.2 Å². The summed E-state index contributed by atoms with van der Waals surface area (Å²) in [6, 6.07) is 7.59. The fourth-order valence-corrected chi connectivity index (χ4v) is 2.27. The summed E-state index contributed by atoms with van der Waals surface area (Å²) < 4.78 is 0. The molecule has 1 aromatic heterocycles. The Morgan fingerprint density at radius 3 is 2.15 bits per heavy atom. The summed E-state index contributed by atoms with van der Waals surface area (Å²) in [4.78, 5) is 26.8. The van der Waals surface area contributed by atoms with E-state index in [9.17, 15) is 9.59 Å². The molecule has 2 rings (SSSR count). The Labute approximate surface area is 118 Å². The van der Waals surface area contributed by atoms with Gasteiger partial charge >= 0.3 is 0 Å². The average molecular weight is 270 g/mol. The molecule has 20 heavy (non-hydrogen) atoms. The van der Waals surface area contributed by atoms with Gasteiger partial charge in [0, 0.05) is 18.3 Å². The second-order valence-electron chi connectivity index (χ2n) is 5.00. The van der Waals surface area contributed by atoms with E-state index in [0.29, 0.717) is 22.5 Å². The van der Waals surface area contributed by atoms with Crippen LogP contribution in [0, 0.1) is 20.8 Å². The second kappa shape index (κ2) is 5.33. The zero-order valence-electron chi connectivity index (χ0n) is 12.1. The molecule has 1 aromatic carbocycles. The Balaban J connectivity index is 2.30. The molecule has 0 saturated carbocycles. The van der Waals surface area contributed by atoms with Crippen molar-refractivity contribution in [3.8, 4) is 0 Å². The highest BCUT2D eigenvalue weighted by molar-refractivity contribution is 6.08. The highest BCUT2D eigenvalue weighted by atomic mass is 16.1. The van der Waals surface area contributed by atoms with E-state index in [0.717, 1.165) is 11.3 Å². The first-order valence-electron chi connectivity index (χ1n) is 6.48. The van der Waals surface area contributed by atoms with Crippen molar-refractivity contribution in [1.29, 1.82) is 0 Å². The Bertz CT molecular complexity index is 667. The zero-order chi connectivity index (χ0) is 14.9. The summed E-state index contributed by atoms with van der Waals surface area (Å²) in [5.74, 6) is -0.271. The van der Waals surface area contributed by atoms with Crippen LogP contribution in [0.1, 0.15) is 44.6 Å². The number of hydrogen-bond acceptors (Lipinski definition) is 2. The van der Waals surface area contributed by atoms with Gasteiger partial charge in [0.25, 0.3) is 5.91 Å². The van der Waals surface area contributed by atoms with Crippen molar-refractivity contribution < 1.29 is 9.59 Å². The third-order valence-corrected chi connectivity index (χ3v) is 3.33. The Kier molecular flexibility index (Phi) is 3.74. The third kappa shape index (κ3) is 2.64. The largest absolute Gasteiger partial charge is 0.355 e. The average Bonchev–Trinajstić information content (AvgIpc) is 2.68. The number of carbonyl (C=O) groups excluding carboxylic acids is 2. The fourth-order valence-electron chi connectivity index (χ4n) is 2.27. The van der Waals surface area contributed by atoms with Crippen LogP contribution >= 0.6 is 0 Å². The number of Topliss-reactive ketones (excluding diaryl/α,β-unsaturated/α-hetero) is 1. The van der Waals surface area contributed by atoms with Crippen LogP contribution in [0.5, 0.6) is 0 Å². The van der Waals surface area contributed by atoms with Crippen molar-refractivity contribution in [3.05, 3.63) is 52.3 Å². The first kappa shape index (κ1) is 14.1. The molecule has 0 radical (unpaired) electrons. The summed E-state index contributed by atoms with van der Waals surface area (Å²) >= 11 is 0. The molecule has 104 valence electrons. The van der Waals surface area contributed by atoms with Crippen molar-refractivity contribution in [3.63, 3.8) is 0 Å². The van der Waals surface area contributed by atoms with Gasteiger partial charge < -0.3 is 10.3 Å². The Morgan fingerprint density at radius 2 is 1.65 bits per heavy atom. The number of rotatable bonds is 3. The number of anilines is 1. The SMILES string of the molecule is CC(=O)c1[nH]c(C)c(C(=O)Nc2ccc(C)cc2)c1C. The summed E-state index contributed by atoms with van der Waals surface area (Å²) in [6.45, 7) is 7.05. The maximum Gasteiger partial charge on any atom is 0.257 e. The van der Waals surface area contributed by atoms with Crippen molar-refractivity contribution >= 4 is 17.4 Å². The molecule has 0 fully saturated rings. The number of aryl methyl sites for hydroxylation is 2. The molecule has 0 bridgehead atoms. The fraction of sp³-hybridized carbons (Fsp3) is 0.250. The lowest BCUT2D eigenvalue weighted by Crippen LogP contribution is -2.13. The highest BCUT2D eigenvalue weighted by Crippen LogP contribution is 2.20. The normalized spacial score (nSPS) is 10.4. The molecule has 0 aliphatic heterocycles. The molecule has 0 saturated heterocycles. The number of ketones is 1. The molecule has 0 aliphatic carbocycles. The molecule has 2 aromatic rings. The van der Waals surface area contributed by atoms with Crippen molar-refractivity contribution in [2.45, 2.75) is 27.7 Å². The molecule has 0 aliphatic rings. The van der Waals surface area contributed by atoms with Gasteiger partial charge in [0.15, 0.2) is 5.78 Å². The molecule has 0 spiro atoms. The van der Waals surface area contributed by atoms with Crippen LogP contribution in [0.3, 0.4) is 0 Å². The van der Waals surface area contributed by atoms with Gasteiger partial charge in [-0.25, -0.2) is 0 Å². The summed E-state index contributed by atoms with van der Waals surface area (Å²) in [5, 5.41) is 2.85. The first-order valence-corrected chi connectivity index (χ1v) is 6.48.